The van der Waals surface area contributed by atoms with Crippen LogP contribution in [0.3, 0.4) is 0 Å². The first-order valence-corrected chi connectivity index (χ1v) is 7.16. The van der Waals surface area contributed by atoms with Crippen LogP contribution in [-0.4, -0.2) is 0 Å². The lowest BCUT2D eigenvalue weighted by Crippen LogP contribution is -1.90. The predicted molar refractivity (Wildman–Crippen MR) is 84.3 cm³/mol. The van der Waals surface area contributed by atoms with Crippen LogP contribution in [0.4, 0.5) is 10.1 Å². The van der Waals surface area contributed by atoms with Crippen LogP contribution in [-0.2, 0) is 0 Å². The highest BCUT2D eigenvalue weighted by atomic mass is 32.1. The second-order valence-corrected chi connectivity index (χ2v) is 5.53. The molecule has 0 fully saturated rings. The van der Waals surface area contributed by atoms with E-state index >= 15 is 0 Å². The fourth-order valence-corrected chi connectivity index (χ4v) is 3.32. The molecule has 3 rings (SSSR count). The van der Waals surface area contributed by atoms with Crippen molar-refractivity contribution in [3.05, 3.63) is 65.3 Å². The van der Waals surface area contributed by atoms with Gasteiger partial charge in [0.15, 0.2) is 0 Å². The van der Waals surface area contributed by atoms with E-state index in [1.807, 2.05) is 30.3 Å². The van der Waals surface area contributed by atoms with Gasteiger partial charge in [-0.1, -0.05) is 48.5 Å². The summed E-state index contributed by atoms with van der Waals surface area (Å²) in [4.78, 5) is 1.10. The van der Waals surface area contributed by atoms with Gasteiger partial charge in [0.1, 0.15) is 16.8 Å². The van der Waals surface area contributed by atoms with Crippen molar-refractivity contribution in [1.82, 2.24) is 0 Å². The van der Waals surface area contributed by atoms with Crippen molar-refractivity contribution in [3.8, 4) is 27.6 Å². The molecule has 2 nitrogen and oxygen atoms in total. The van der Waals surface area contributed by atoms with E-state index in [4.69, 9.17) is 5.73 Å². The second-order valence-electron chi connectivity index (χ2n) is 4.51. The average Bonchev–Trinajstić information content (AvgIpc) is 2.85. The fraction of sp³-hybridized carbons (Fsp3) is 0. The van der Waals surface area contributed by atoms with E-state index in [0.717, 1.165) is 11.1 Å². The molecule has 0 spiro atoms. The molecule has 0 radical (unpaired) electrons. The van der Waals surface area contributed by atoms with Gasteiger partial charge in [-0.05, 0) is 11.6 Å². The van der Waals surface area contributed by atoms with Gasteiger partial charge in [0.25, 0.3) is 0 Å². The van der Waals surface area contributed by atoms with Crippen LogP contribution in [0.5, 0.6) is 0 Å². The molecule has 0 bridgehead atoms. The van der Waals surface area contributed by atoms with E-state index in [1.54, 1.807) is 18.2 Å². The molecule has 2 N–H and O–H groups in total. The van der Waals surface area contributed by atoms with E-state index in [0.29, 0.717) is 21.0 Å². The normalized spacial score (nSPS) is 10.3. The van der Waals surface area contributed by atoms with Gasteiger partial charge in [0.05, 0.1) is 5.69 Å². The molecule has 3 aromatic rings. The summed E-state index contributed by atoms with van der Waals surface area (Å²) in [6.07, 6.45) is 0. The predicted octanol–water partition coefficient (Wildman–Crippen LogP) is 4.68. The molecule has 102 valence electrons. The summed E-state index contributed by atoms with van der Waals surface area (Å²) in [7, 11) is 0. The molecule has 1 aromatic heterocycles. The van der Waals surface area contributed by atoms with Crippen molar-refractivity contribution in [3.63, 3.8) is 0 Å². The molecule has 1 heterocycles. The van der Waals surface area contributed by atoms with E-state index in [1.165, 1.54) is 17.4 Å². The Kier molecular flexibility index (Phi) is 3.43. The minimum absolute atomic E-state index is 0.319. The molecule has 4 heteroatoms. The van der Waals surface area contributed by atoms with Gasteiger partial charge in [0.2, 0.25) is 0 Å². The molecular weight excluding hydrogens is 283 g/mol. The summed E-state index contributed by atoms with van der Waals surface area (Å²) in [5.41, 5.74) is 8.58. The summed E-state index contributed by atoms with van der Waals surface area (Å²) in [6, 6.07) is 18.1. The lowest BCUT2D eigenvalue weighted by molar-refractivity contribution is 0.632. The maximum Gasteiger partial charge on any atom is 0.131 e. The van der Waals surface area contributed by atoms with Crippen LogP contribution in [0.1, 0.15) is 4.88 Å². The zero-order valence-corrected chi connectivity index (χ0v) is 11.8. The number of hydrogen-bond acceptors (Lipinski definition) is 3. The summed E-state index contributed by atoms with van der Waals surface area (Å²) in [5.74, 6) is -0.319. The third-order valence-corrected chi connectivity index (χ3v) is 4.37. The first-order chi connectivity index (χ1) is 10.2. The van der Waals surface area contributed by atoms with Crippen molar-refractivity contribution >= 4 is 17.0 Å². The largest absolute Gasteiger partial charge is 0.396 e. The number of nitrogen functional groups attached to an aromatic ring is 1. The molecule has 0 unspecified atom stereocenters. The molecule has 0 aliphatic carbocycles. The quantitative estimate of drug-likeness (QED) is 0.746. The van der Waals surface area contributed by atoms with Gasteiger partial charge in [-0.15, -0.1) is 11.3 Å². The van der Waals surface area contributed by atoms with Crippen molar-refractivity contribution in [2.75, 3.05) is 5.73 Å². The first kappa shape index (κ1) is 13.3. The lowest BCUT2D eigenvalue weighted by Gasteiger charge is -2.06. The smallest absolute Gasteiger partial charge is 0.131 e. The summed E-state index contributed by atoms with van der Waals surface area (Å²) < 4.78 is 14.1. The zero-order valence-electron chi connectivity index (χ0n) is 11.0. The molecule has 0 amide bonds. The highest BCUT2D eigenvalue weighted by Crippen LogP contribution is 2.45. The third kappa shape index (κ3) is 2.28. The topological polar surface area (TPSA) is 49.8 Å². The van der Waals surface area contributed by atoms with Crippen LogP contribution in [0.15, 0.2) is 54.6 Å². The fourth-order valence-electron chi connectivity index (χ4n) is 2.25. The maximum atomic E-state index is 14.1. The summed E-state index contributed by atoms with van der Waals surface area (Å²) in [6.45, 7) is 0. The number of nitrogens with two attached hydrogens (primary N) is 1. The van der Waals surface area contributed by atoms with Gasteiger partial charge in [-0.2, -0.15) is 5.26 Å². The number of nitriles is 1. The number of nitrogens with zero attached hydrogens (tertiary/aromatic N) is 1. The Morgan fingerprint density at radius 2 is 1.67 bits per heavy atom. The number of benzene rings is 2. The Labute approximate surface area is 125 Å². The van der Waals surface area contributed by atoms with E-state index in [2.05, 4.69) is 6.07 Å². The first-order valence-electron chi connectivity index (χ1n) is 6.35. The second kappa shape index (κ2) is 5.39. The Hall–Kier alpha value is -2.64. The van der Waals surface area contributed by atoms with Crippen molar-refractivity contribution in [2.24, 2.45) is 0 Å². The average molecular weight is 294 g/mol. The molecule has 0 aliphatic heterocycles. The highest BCUT2D eigenvalue weighted by molar-refractivity contribution is 7.17. The van der Waals surface area contributed by atoms with Crippen LogP contribution in [0.2, 0.25) is 0 Å². The van der Waals surface area contributed by atoms with Gasteiger partial charge in [-0.3, -0.25) is 0 Å². The summed E-state index contributed by atoms with van der Waals surface area (Å²) in [5, 5.41) is 9.21. The lowest BCUT2D eigenvalue weighted by atomic mass is 10.0. The minimum Gasteiger partial charge on any atom is -0.396 e. The molecular formula is C17H11FN2S. The molecule has 0 atom stereocenters. The Balaban J connectivity index is 2.32. The third-order valence-electron chi connectivity index (χ3n) is 3.23. The Morgan fingerprint density at radius 3 is 2.33 bits per heavy atom. The molecule has 2 aromatic carbocycles. The Bertz CT molecular complexity index is 832. The van der Waals surface area contributed by atoms with E-state index in [-0.39, 0.29) is 5.82 Å². The molecule has 0 saturated heterocycles. The van der Waals surface area contributed by atoms with Gasteiger partial charge in [0, 0.05) is 16.0 Å². The number of anilines is 1. The van der Waals surface area contributed by atoms with Gasteiger partial charge < -0.3 is 5.73 Å². The number of thiophene rings is 1. The molecule has 0 saturated carbocycles. The SMILES string of the molecule is N#Cc1sc(-c2ccccc2F)c(-c2ccccc2)c1N. The number of halogens is 1. The van der Waals surface area contributed by atoms with Crippen LogP contribution >= 0.6 is 11.3 Å². The van der Waals surface area contributed by atoms with Crippen molar-refractivity contribution in [2.45, 2.75) is 0 Å². The highest BCUT2D eigenvalue weighted by Gasteiger charge is 2.20. The van der Waals surface area contributed by atoms with Crippen molar-refractivity contribution < 1.29 is 4.39 Å². The van der Waals surface area contributed by atoms with Gasteiger partial charge in [-0.25, -0.2) is 4.39 Å². The standard InChI is InChI=1S/C17H11FN2S/c18-13-9-5-4-8-12(13)17-15(11-6-2-1-3-7-11)16(20)14(10-19)21-17/h1-9H,20H2. The maximum absolute atomic E-state index is 14.1. The zero-order chi connectivity index (χ0) is 14.8. The van der Waals surface area contributed by atoms with Crippen LogP contribution in [0, 0.1) is 17.1 Å². The molecule has 21 heavy (non-hydrogen) atoms. The van der Waals surface area contributed by atoms with Gasteiger partial charge >= 0.3 is 0 Å². The van der Waals surface area contributed by atoms with Crippen molar-refractivity contribution in [1.29, 1.82) is 5.26 Å². The van der Waals surface area contributed by atoms with E-state index in [9.17, 15) is 9.65 Å². The number of hydrogen-bond donors (Lipinski definition) is 1. The van der Waals surface area contributed by atoms with E-state index < -0.39 is 0 Å². The van der Waals surface area contributed by atoms with Crippen LogP contribution < -0.4 is 5.73 Å². The molecule has 0 aliphatic rings. The summed E-state index contributed by atoms with van der Waals surface area (Å²) >= 11 is 1.22. The monoisotopic (exact) mass is 294 g/mol. The minimum atomic E-state index is -0.319. The number of rotatable bonds is 2. The van der Waals surface area contributed by atoms with Crippen LogP contribution in [0.25, 0.3) is 21.6 Å². The Morgan fingerprint density at radius 1 is 1.00 bits per heavy atom.